The number of hydrogen-bond acceptors (Lipinski definition) is 6. The van der Waals surface area contributed by atoms with Crippen LogP contribution >= 0.6 is 0 Å². The molecule has 4 rings (SSSR count). The minimum absolute atomic E-state index is 0.0112. The van der Waals surface area contributed by atoms with Gasteiger partial charge in [-0.1, -0.05) is 35.9 Å². The van der Waals surface area contributed by atoms with E-state index in [1.807, 2.05) is 57.2 Å². The SMILES string of the molecule is COc1ccc(C(=O)COc2c(-c3ccc(C)cc3)oc3cc(C)cc(C)c3c2=O)cc1OC. The molecule has 3 aromatic carbocycles. The van der Waals surface area contributed by atoms with Gasteiger partial charge in [0.2, 0.25) is 11.2 Å². The van der Waals surface area contributed by atoms with E-state index in [1.54, 1.807) is 18.2 Å². The molecule has 0 saturated heterocycles. The lowest BCUT2D eigenvalue weighted by Crippen LogP contribution is -2.17. The average Bonchev–Trinajstić information content (AvgIpc) is 2.82. The van der Waals surface area contributed by atoms with Crippen LogP contribution in [-0.2, 0) is 0 Å². The van der Waals surface area contributed by atoms with Crippen LogP contribution in [0, 0.1) is 20.8 Å². The Morgan fingerprint density at radius 3 is 2.24 bits per heavy atom. The van der Waals surface area contributed by atoms with Gasteiger partial charge in [-0.2, -0.15) is 0 Å². The minimum atomic E-state index is -0.338. The van der Waals surface area contributed by atoms with Crippen LogP contribution in [0.25, 0.3) is 22.3 Å². The molecule has 0 radical (unpaired) electrons. The van der Waals surface area contributed by atoms with Gasteiger partial charge in [0, 0.05) is 11.1 Å². The molecule has 0 N–H and O–H groups in total. The molecule has 0 saturated carbocycles. The highest BCUT2D eigenvalue weighted by molar-refractivity contribution is 5.98. The number of aryl methyl sites for hydroxylation is 3. The molecule has 0 bridgehead atoms. The van der Waals surface area contributed by atoms with Crippen molar-refractivity contribution in [2.75, 3.05) is 20.8 Å². The number of carbonyl (C=O) groups excluding carboxylic acids is 1. The minimum Gasteiger partial charge on any atom is -0.493 e. The lowest BCUT2D eigenvalue weighted by atomic mass is 10.0. The first-order valence-electron chi connectivity index (χ1n) is 10.9. The van der Waals surface area contributed by atoms with Crippen molar-refractivity contribution in [1.82, 2.24) is 0 Å². The maximum Gasteiger partial charge on any atom is 0.235 e. The standard InChI is InChI=1S/C28H26O6/c1-16-6-8-19(9-7-16)27-28(26(30)25-18(3)12-17(2)13-24(25)34-27)33-15-21(29)20-10-11-22(31-4)23(14-20)32-5/h6-14H,15H2,1-5H3. The molecular formula is C28H26O6. The molecule has 0 atom stereocenters. The van der Waals surface area contributed by atoms with Gasteiger partial charge in [0.25, 0.3) is 0 Å². The van der Waals surface area contributed by atoms with Crippen LogP contribution in [0.1, 0.15) is 27.0 Å². The van der Waals surface area contributed by atoms with Crippen molar-refractivity contribution in [2.24, 2.45) is 0 Å². The molecule has 1 aromatic heterocycles. The molecule has 6 nitrogen and oxygen atoms in total. The number of carbonyl (C=O) groups is 1. The fourth-order valence-corrected chi connectivity index (χ4v) is 3.93. The average molecular weight is 459 g/mol. The van der Waals surface area contributed by atoms with Crippen LogP contribution in [0.15, 0.2) is 63.8 Å². The summed E-state index contributed by atoms with van der Waals surface area (Å²) in [4.78, 5) is 26.4. The van der Waals surface area contributed by atoms with E-state index in [4.69, 9.17) is 18.6 Å². The maximum absolute atomic E-state index is 13.5. The third-order valence-corrected chi connectivity index (χ3v) is 5.66. The van der Waals surface area contributed by atoms with Crippen LogP contribution in [0.3, 0.4) is 0 Å². The highest BCUT2D eigenvalue weighted by atomic mass is 16.5. The monoisotopic (exact) mass is 458 g/mol. The Balaban J connectivity index is 1.77. The van der Waals surface area contributed by atoms with Gasteiger partial charge >= 0.3 is 0 Å². The Hall–Kier alpha value is -4.06. The van der Waals surface area contributed by atoms with Gasteiger partial charge in [-0.25, -0.2) is 0 Å². The van der Waals surface area contributed by atoms with E-state index in [-0.39, 0.29) is 23.6 Å². The summed E-state index contributed by atoms with van der Waals surface area (Å²) < 4.78 is 22.6. The maximum atomic E-state index is 13.5. The summed E-state index contributed by atoms with van der Waals surface area (Å²) in [6, 6.07) is 16.2. The second kappa shape index (κ2) is 9.43. The highest BCUT2D eigenvalue weighted by Gasteiger charge is 2.21. The van der Waals surface area contributed by atoms with Crippen molar-refractivity contribution in [2.45, 2.75) is 20.8 Å². The molecule has 0 amide bonds. The Kier molecular flexibility index (Phi) is 6.41. The second-order valence-corrected chi connectivity index (χ2v) is 8.19. The highest BCUT2D eigenvalue weighted by Crippen LogP contribution is 2.33. The lowest BCUT2D eigenvalue weighted by Gasteiger charge is -2.13. The molecule has 0 aliphatic carbocycles. The van der Waals surface area contributed by atoms with E-state index in [2.05, 4.69) is 0 Å². The van der Waals surface area contributed by atoms with E-state index >= 15 is 0 Å². The molecule has 6 heteroatoms. The summed E-state index contributed by atoms with van der Waals surface area (Å²) >= 11 is 0. The van der Waals surface area contributed by atoms with Crippen molar-refractivity contribution in [3.8, 4) is 28.6 Å². The van der Waals surface area contributed by atoms with Gasteiger partial charge in [-0.05, 0) is 56.2 Å². The second-order valence-electron chi connectivity index (χ2n) is 8.19. The summed E-state index contributed by atoms with van der Waals surface area (Å²) in [7, 11) is 3.03. The number of methoxy groups -OCH3 is 2. The normalized spacial score (nSPS) is 10.9. The van der Waals surface area contributed by atoms with Gasteiger partial charge in [-0.15, -0.1) is 0 Å². The third-order valence-electron chi connectivity index (χ3n) is 5.66. The smallest absolute Gasteiger partial charge is 0.235 e. The Morgan fingerprint density at radius 1 is 0.853 bits per heavy atom. The number of Topliss-reactive ketones (excluding diaryl/α,β-unsaturated/α-hetero) is 1. The molecule has 1 heterocycles. The van der Waals surface area contributed by atoms with Crippen molar-refractivity contribution >= 4 is 16.8 Å². The van der Waals surface area contributed by atoms with E-state index < -0.39 is 0 Å². The molecular weight excluding hydrogens is 432 g/mol. The zero-order chi connectivity index (χ0) is 24.4. The van der Waals surface area contributed by atoms with Gasteiger partial charge in [0.15, 0.2) is 29.6 Å². The zero-order valence-electron chi connectivity index (χ0n) is 19.9. The van der Waals surface area contributed by atoms with E-state index in [9.17, 15) is 9.59 Å². The zero-order valence-corrected chi connectivity index (χ0v) is 19.9. The number of ether oxygens (including phenoxy) is 3. The first kappa shape index (κ1) is 23.1. The quantitative estimate of drug-likeness (QED) is 0.333. The molecule has 0 aliphatic heterocycles. The fourth-order valence-electron chi connectivity index (χ4n) is 3.93. The van der Waals surface area contributed by atoms with Gasteiger partial charge in [0.1, 0.15) is 5.58 Å². The fraction of sp³-hybridized carbons (Fsp3) is 0.214. The Morgan fingerprint density at radius 2 is 1.56 bits per heavy atom. The topological polar surface area (TPSA) is 75.0 Å². The van der Waals surface area contributed by atoms with Gasteiger partial charge < -0.3 is 18.6 Å². The number of fused-ring (bicyclic) bond motifs is 1. The predicted octanol–water partition coefficient (Wildman–Crippen LogP) is 5.66. The van der Waals surface area contributed by atoms with Crippen LogP contribution in [0.4, 0.5) is 0 Å². The van der Waals surface area contributed by atoms with Crippen LogP contribution in [0.2, 0.25) is 0 Å². The molecule has 0 fully saturated rings. The van der Waals surface area contributed by atoms with Crippen LogP contribution in [-0.4, -0.2) is 26.6 Å². The summed E-state index contributed by atoms with van der Waals surface area (Å²) in [5.41, 5.74) is 4.09. The van der Waals surface area contributed by atoms with Crippen LogP contribution < -0.4 is 19.6 Å². The van der Waals surface area contributed by atoms with E-state index in [1.165, 1.54) is 14.2 Å². The summed E-state index contributed by atoms with van der Waals surface area (Å²) in [5.74, 6) is 0.947. The van der Waals surface area contributed by atoms with Crippen molar-refractivity contribution in [3.05, 3.63) is 87.1 Å². The van der Waals surface area contributed by atoms with E-state index in [0.717, 1.165) is 16.7 Å². The third kappa shape index (κ3) is 4.39. The van der Waals surface area contributed by atoms with Gasteiger partial charge in [0.05, 0.1) is 19.6 Å². The molecule has 0 spiro atoms. The molecule has 4 aromatic rings. The number of hydrogen-bond donors (Lipinski definition) is 0. The first-order valence-corrected chi connectivity index (χ1v) is 10.9. The predicted molar refractivity (Wildman–Crippen MR) is 132 cm³/mol. The summed E-state index contributed by atoms with van der Waals surface area (Å²) in [6.07, 6.45) is 0. The Labute approximate surface area is 197 Å². The largest absolute Gasteiger partial charge is 0.493 e. The lowest BCUT2D eigenvalue weighted by molar-refractivity contribution is 0.0920. The van der Waals surface area contributed by atoms with Crippen molar-refractivity contribution in [1.29, 1.82) is 0 Å². The Bertz CT molecular complexity index is 1430. The van der Waals surface area contributed by atoms with Crippen LogP contribution in [0.5, 0.6) is 17.2 Å². The summed E-state index contributed by atoms with van der Waals surface area (Å²) in [5, 5.41) is 0.440. The molecule has 0 unspecified atom stereocenters. The first-order chi connectivity index (χ1) is 16.3. The number of ketones is 1. The molecule has 34 heavy (non-hydrogen) atoms. The molecule has 174 valence electrons. The van der Waals surface area contributed by atoms with E-state index in [0.29, 0.717) is 39.4 Å². The van der Waals surface area contributed by atoms with Gasteiger partial charge in [-0.3, -0.25) is 9.59 Å². The van der Waals surface area contributed by atoms with Crippen molar-refractivity contribution < 1.29 is 23.4 Å². The summed E-state index contributed by atoms with van der Waals surface area (Å²) in [6.45, 7) is 5.45. The number of rotatable bonds is 7. The van der Waals surface area contributed by atoms with Crippen molar-refractivity contribution in [3.63, 3.8) is 0 Å². The number of benzene rings is 3. The molecule has 0 aliphatic rings.